The van der Waals surface area contributed by atoms with Crippen LogP contribution in [0.25, 0.3) is 0 Å². The molecule has 4 amide bonds. The molecule has 5 heterocycles. The summed E-state index contributed by atoms with van der Waals surface area (Å²) in [6.45, 7) is 7.67. The molecular weight excluding hydrogens is 689 g/mol. The fraction of sp³-hybridized carbons (Fsp3) is 0.636. The van der Waals surface area contributed by atoms with E-state index in [0.29, 0.717) is 24.3 Å². The van der Waals surface area contributed by atoms with Crippen molar-refractivity contribution >= 4 is 59.1 Å². The van der Waals surface area contributed by atoms with E-state index in [1.54, 1.807) is 39.8 Å². The van der Waals surface area contributed by atoms with Crippen molar-refractivity contribution in [3.8, 4) is 0 Å². The molecule has 6 rings (SSSR count). The number of β-lactam (4-membered cyclic amide) rings is 2. The number of aliphatic hydroxyl groups excluding tert-OH is 1. The van der Waals surface area contributed by atoms with E-state index in [4.69, 9.17) is 5.73 Å². The first kappa shape index (κ1) is 37.9. The number of carboxylic acid groups (broad SMARTS) is 2. The molecule has 0 bridgehead atoms. The van der Waals surface area contributed by atoms with E-state index in [2.05, 4.69) is 10.6 Å². The Labute approximate surface area is 299 Å². The Bertz CT molecular complexity index is 1560. The molecule has 1 unspecified atom stereocenters. The van der Waals surface area contributed by atoms with Crippen molar-refractivity contribution in [2.24, 2.45) is 17.6 Å². The number of fused-ring (bicyclic) bond motifs is 2. The summed E-state index contributed by atoms with van der Waals surface area (Å²) in [6.07, 6.45) is 7.08. The molecule has 4 fully saturated rings. The van der Waals surface area contributed by atoms with E-state index in [-0.39, 0.29) is 52.0 Å². The van der Waals surface area contributed by atoms with Gasteiger partial charge in [0.15, 0.2) is 0 Å². The lowest BCUT2D eigenvalue weighted by Gasteiger charge is -2.46. The van der Waals surface area contributed by atoms with Gasteiger partial charge in [0, 0.05) is 41.5 Å². The first-order valence-corrected chi connectivity index (χ1v) is 18.4. The van der Waals surface area contributed by atoms with Crippen LogP contribution in [-0.2, 0) is 28.8 Å². The van der Waals surface area contributed by atoms with Crippen LogP contribution in [-0.4, -0.2) is 138 Å². The lowest BCUT2D eigenvalue weighted by atomic mass is 9.79. The van der Waals surface area contributed by atoms with Crippen LogP contribution in [0.2, 0.25) is 0 Å². The standard InChI is InChI=1S/C17H25N3O5S.C16H21N3O4S/c1-7-12-11(8(2)21)16(23)20(12)13(17(24)25)14(7)26-9-5-10(18-6-9)15(22)19(3)4;1-16(2)11(15(22)23)19-13(21)10(14(19)24-16)18-12(20)9(17)8-6-4-3-5-7-8/h7-12,18,21H,5-6H2,1-4H3,(H,24,25);3-4,7,9-11,14H,5-6,17H2,1-2H3,(H,18,20)(H,22,23)/t7-,8-,9+,10+,11-,12-;9-,10-,11?,14-/m11/s1. The average Bonchev–Trinajstić information content (AvgIpc) is 3.69. The second-order valence-electron chi connectivity index (χ2n) is 14.2. The number of hydrogen-bond acceptors (Lipinski definition) is 11. The van der Waals surface area contributed by atoms with Crippen LogP contribution in [0, 0.1) is 11.8 Å². The van der Waals surface area contributed by atoms with Gasteiger partial charge in [-0.2, -0.15) is 0 Å². The van der Waals surface area contributed by atoms with Crippen LogP contribution in [0.1, 0.15) is 47.0 Å². The third-order valence-electron chi connectivity index (χ3n) is 10.1. The Morgan fingerprint density at radius 1 is 1.16 bits per heavy atom. The highest BCUT2D eigenvalue weighted by Crippen LogP contribution is 2.52. The fourth-order valence-corrected chi connectivity index (χ4v) is 10.7. The van der Waals surface area contributed by atoms with Gasteiger partial charge in [-0.05, 0) is 45.6 Å². The summed E-state index contributed by atoms with van der Waals surface area (Å²) in [5.41, 5.74) is 6.86. The van der Waals surface area contributed by atoms with Crippen molar-refractivity contribution in [2.45, 2.75) is 98.6 Å². The minimum atomic E-state index is -1.12. The number of carbonyl (C=O) groups excluding carboxylic acids is 4. The monoisotopic (exact) mass is 734 g/mol. The van der Waals surface area contributed by atoms with E-state index in [9.17, 15) is 44.1 Å². The maximum absolute atomic E-state index is 12.4. The summed E-state index contributed by atoms with van der Waals surface area (Å²) in [4.78, 5) is 77.3. The normalized spacial score (nSPS) is 33.2. The number of amides is 4. The van der Waals surface area contributed by atoms with Crippen LogP contribution in [0.15, 0.2) is 34.4 Å². The molecule has 0 saturated carbocycles. The maximum Gasteiger partial charge on any atom is 0.353 e. The van der Waals surface area contributed by atoms with E-state index >= 15 is 0 Å². The van der Waals surface area contributed by atoms with Crippen molar-refractivity contribution < 1.29 is 44.1 Å². The lowest BCUT2D eigenvalue weighted by molar-refractivity contribution is -0.163. The molecule has 15 nitrogen and oxygen atoms in total. The molecule has 274 valence electrons. The van der Waals surface area contributed by atoms with Gasteiger partial charge in [0.1, 0.15) is 29.2 Å². The Hall–Kier alpha value is -3.38. The number of aliphatic hydroxyl groups is 1. The van der Waals surface area contributed by atoms with Crippen LogP contribution in [0.5, 0.6) is 0 Å². The Kier molecular flexibility index (Phi) is 10.9. The zero-order chi connectivity index (χ0) is 37.0. The largest absolute Gasteiger partial charge is 0.480 e. The lowest BCUT2D eigenvalue weighted by Crippen LogP contribution is -2.71. The summed E-state index contributed by atoms with van der Waals surface area (Å²) >= 11 is 2.84. The second kappa shape index (κ2) is 14.3. The van der Waals surface area contributed by atoms with Crippen molar-refractivity contribution in [3.63, 3.8) is 0 Å². The molecule has 0 spiro atoms. The summed E-state index contributed by atoms with van der Waals surface area (Å²) in [7, 11) is 3.42. The highest BCUT2D eigenvalue weighted by molar-refractivity contribution is 8.03. The summed E-state index contributed by atoms with van der Waals surface area (Å²) < 4.78 is -0.607. The van der Waals surface area contributed by atoms with Gasteiger partial charge in [-0.1, -0.05) is 25.2 Å². The number of carbonyl (C=O) groups is 6. The number of rotatable bonds is 9. The first-order valence-electron chi connectivity index (χ1n) is 16.6. The maximum atomic E-state index is 12.4. The molecule has 7 N–H and O–H groups in total. The zero-order valence-electron chi connectivity index (χ0n) is 28.9. The number of hydrogen-bond donors (Lipinski definition) is 6. The van der Waals surface area contributed by atoms with Gasteiger partial charge in [0.2, 0.25) is 23.6 Å². The van der Waals surface area contributed by atoms with Gasteiger partial charge in [0.25, 0.3) is 0 Å². The molecule has 50 heavy (non-hydrogen) atoms. The highest BCUT2D eigenvalue weighted by atomic mass is 32.2. The molecule has 5 aliphatic heterocycles. The quantitative estimate of drug-likeness (QED) is 0.135. The van der Waals surface area contributed by atoms with Crippen molar-refractivity contribution in [1.82, 2.24) is 25.3 Å². The number of carboxylic acids is 2. The topological polar surface area (TPSA) is 223 Å². The Morgan fingerprint density at radius 2 is 1.84 bits per heavy atom. The van der Waals surface area contributed by atoms with E-state index in [1.807, 2.05) is 25.2 Å². The molecule has 0 aromatic carbocycles. The predicted molar refractivity (Wildman–Crippen MR) is 186 cm³/mol. The van der Waals surface area contributed by atoms with Gasteiger partial charge in [-0.3, -0.25) is 19.2 Å². The molecule has 0 aromatic heterocycles. The third-order valence-corrected chi connectivity index (χ3v) is 13.2. The first-order chi connectivity index (χ1) is 23.4. The highest BCUT2D eigenvalue weighted by Gasteiger charge is 2.64. The number of nitrogens with two attached hydrogens (primary N) is 1. The molecule has 17 heteroatoms. The summed E-state index contributed by atoms with van der Waals surface area (Å²) in [5, 5.41) is 34.5. The van der Waals surface area contributed by atoms with E-state index in [1.165, 1.54) is 33.3 Å². The minimum absolute atomic E-state index is 0.00757. The molecule has 1 aliphatic carbocycles. The number of nitrogens with one attached hydrogen (secondary N) is 2. The second-order valence-corrected chi connectivity index (χ2v) is 17.3. The molecule has 0 aromatic rings. The predicted octanol–water partition coefficient (Wildman–Crippen LogP) is -0.0862. The van der Waals surface area contributed by atoms with E-state index < -0.39 is 52.7 Å². The fourth-order valence-electron chi connectivity index (χ4n) is 7.58. The van der Waals surface area contributed by atoms with Crippen LogP contribution < -0.4 is 16.4 Å². The number of thioether (sulfide) groups is 2. The van der Waals surface area contributed by atoms with Gasteiger partial charge in [-0.25, -0.2) is 9.59 Å². The Balaban J connectivity index is 0.000000195. The minimum Gasteiger partial charge on any atom is -0.480 e. The molecule has 0 radical (unpaired) electrons. The molecule has 6 aliphatic rings. The summed E-state index contributed by atoms with van der Waals surface area (Å²) in [6, 6.07) is -2.95. The third kappa shape index (κ3) is 6.69. The van der Waals surface area contributed by atoms with Gasteiger partial charge < -0.3 is 46.4 Å². The number of likely N-dealkylation sites (N-methyl/N-ethyl adjacent to an activating group) is 1. The number of nitrogens with zero attached hydrogens (tertiary/aromatic N) is 3. The SMILES string of the molecule is CC1(C)S[C@@H]2[C@H](NC(=O)[C@H](N)C3=CCC=CC3)C(=O)N2C1C(=O)O.C[C@@H](O)[C@H]1C(=O)N2C(C(=O)O)=C(S[C@@H]3CN[C@H](C(=O)N(C)C)C3)[C@H](C)[C@H]12. The van der Waals surface area contributed by atoms with Crippen LogP contribution >= 0.6 is 23.5 Å². The van der Waals surface area contributed by atoms with Crippen molar-refractivity contribution in [2.75, 3.05) is 20.6 Å². The molecular formula is C33H46N6O9S2. The van der Waals surface area contributed by atoms with Crippen LogP contribution in [0.4, 0.5) is 0 Å². The van der Waals surface area contributed by atoms with Gasteiger partial charge in [0.05, 0.1) is 24.1 Å². The van der Waals surface area contributed by atoms with Gasteiger partial charge >= 0.3 is 11.9 Å². The molecule has 4 saturated heterocycles. The van der Waals surface area contributed by atoms with Crippen molar-refractivity contribution in [3.05, 3.63) is 34.4 Å². The van der Waals surface area contributed by atoms with Gasteiger partial charge in [-0.15, -0.1) is 23.5 Å². The van der Waals surface area contributed by atoms with E-state index in [0.717, 1.165) is 12.0 Å². The van der Waals surface area contributed by atoms with Crippen molar-refractivity contribution in [1.29, 1.82) is 0 Å². The Morgan fingerprint density at radius 3 is 2.40 bits per heavy atom. The molecule has 10 atom stereocenters. The van der Waals surface area contributed by atoms with Crippen LogP contribution in [0.3, 0.4) is 0 Å². The smallest absolute Gasteiger partial charge is 0.353 e. The summed E-state index contributed by atoms with van der Waals surface area (Å²) in [5.74, 6) is -3.91. The number of allylic oxidation sites excluding steroid dienone is 3. The zero-order valence-corrected chi connectivity index (χ0v) is 30.5. The number of aliphatic carboxylic acids is 2. The average molecular weight is 735 g/mol.